The molecule has 0 aliphatic heterocycles. The van der Waals surface area contributed by atoms with Crippen LogP contribution in [0, 0.1) is 5.82 Å². The molecule has 1 rings (SSSR count). The molecule has 0 aliphatic carbocycles. The van der Waals surface area contributed by atoms with Crippen molar-refractivity contribution in [3.05, 3.63) is 27.4 Å². The molecule has 0 unspecified atom stereocenters. The largest absolute Gasteiger partial charge is 0.491 e. The van der Waals surface area contributed by atoms with E-state index in [9.17, 15) is 4.39 Å². The number of benzene rings is 1. The van der Waals surface area contributed by atoms with Crippen LogP contribution in [0.15, 0.2) is 16.6 Å². The molecule has 0 aliphatic rings. The predicted molar refractivity (Wildman–Crippen MR) is 58.4 cm³/mol. The van der Waals surface area contributed by atoms with Crippen LogP contribution in [0.2, 0.25) is 5.02 Å². The Kier molecular flexibility index (Phi) is 4.49. The van der Waals surface area contributed by atoms with Crippen molar-refractivity contribution in [2.75, 3.05) is 11.9 Å². The Morgan fingerprint density at radius 3 is 2.77 bits per heavy atom. The molecule has 0 amide bonds. The first-order chi connectivity index (χ1) is 6.15. The van der Waals surface area contributed by atoms with Crippen molar-refractivity contribution >= 4 is 43.5 Å². The van der Waals surface area contributed by atoms with Gasteiger partial charge in [-0.05, 0) is 22.0 Å². The Hall–Kier alpha value is 0.200. The first-order valence-corrected chi connectivity index (χ1v) is 5.77. The Morgan fingerprint density at radius 2 is 2.15 bits per heavy atom. The zero-order valence-electron chi connectivity index (χ0n) is 6.49. The van der Waals surface area contributed by atoms with Gasteiger partial charge >= 0.3 is 0 Å². The molecule has 1 aromatic rings. The Balaban J connectivity index is 2.88. The van der Waals surface area contributed by atoms with Gasteiger partial charge in [0.15, 0.2) is 0 Å². The van der Waals surface area contributed by atoms with Crippen LogP contribution in [-0.2, 0) is 0 Å². The van der Waals surface area contributed by atoms with E-state index < -0.39 is 0 Å². The molecule has 0 heterocycles. The van der Waals surface area contributed by atoms with Crippen LogP contribution in [0.4, 0.5) is 4.39 Å². The maximum Gasteiger partial charge on any atom is 0.141 e. The lowest BCUT2D eigenvalue weighted by Crippen LogP contribution is -1.98. The van der Waals surface area contributed by atoms with Gasteiger partial charge < -0.3 is 4.74 Å². The summed E-state index contributed by atoms with van der Waals surface area (Å²) >= 11 is 12.0. The van der Waals surface area contributed by atoms with Crippen molar-refractivity contribution < 1.29 is 9.13 Å². The number of hydrogen-bond acceptors (Lipinski definition) is 1. The van der Waals surface area contributed by atoms with Gasteiger partial charge in [0.1, 0.15) is 11.6 Å². The lowest BCUT2D eigenvalue weighted by Gasteiger charge is -2.06. The Bertz CT molecular complexity index is 306. The van der Waals surface area contributed by atoms with Gasteiger partial charge in [0.25, 0.3) is 0 Å². The molecule has 1 nitrogen and oxygen atoms in total. The van der Waals surface area contributed by atoms with Crippen molar-refractivity contribution in [3.8, 4) is 5.75 Å². The van der Waals surface area contributed by atoms with Gasteiger partial charge in [-0.3, -0.25) is 0 Å². The van der Waals surface area contributed by atoms with Crippen molar-refractivity contribution in [2.45, 2.75) is 0 Å². The van der Waals surface area contributed by atoms with Crippen molar-refractivity contribution in [1.82, 2.24) is 0 Å². The molecule has 13 heavy (non-hydrogen) atoms. The summed E-state index contributed by atoms with van der Waals surface area (Å²) in [5.41, 5.74) is 0. The molecule has 5 heteroatoms. The monoisotopic (exact) mass is 330 g/mol. The van der Waals surface area contributed by atoms with Gasteiger partial charge in [0.2, 0.25) is 0 Å². The van der Waals surface area contributed by atoms with E-state index in [-0.39, 0.29) is 5.82 Å². The zero-order chi connectivity index (χ0) is 9.84. The van der Waals surface area contributed by atoms with Gasteiger partial charge in [0.05, 0.1) is 16.1 Å². The third kappa shape index (κ3) is 3.11. The number of alkyl halides is 1. The van der Waals surface area contributed by atoms with E-state index >= 15 is 0 Å². The first kappa shape index (κ1) is 11.3. The summed E-state index contributed by atoms with van der Waals surface area (Å²) < 4.78 is 18.5. The lowest BCUT2D eigenvalue weighted by molar-refractivity contribution is 0.343. The highest BCUT2D eigenvalue weighted by Gasteiger charge is 2.07. The summed E-state index contributed by atoms with van der Waals surface area (Å²) in [7, 11) is 0. The second-order valence-electron chi connectivity index (χ2n) is 2.23. The molecule has 0 saturated carbocycles. The third-order valence-electron chi connectivity index (χ3n) is 1.31. The number of hydrogen-bond donors (Lipinski definition) is 0. The summed E-state index contributed by atoms with van der Waals surface area (Å²) in [4.78, 5) is 0. The molecule has 0 radical (unpaired) electrons. The van der Waals surface area contributed by atoms with Crippen molar-refractivity contribution in [2.24, 2.45) is 0 Å². The quantitative estimate of drug-likeness (QED) is 0.600. The number of rotatable bonds is 3. The van der Waals surface area contributed by atoms with Crippen LogP contribution in [0.3, 0.4) is 0 Å². The Labute approximate surface area is 97.5 Å². The molecule has 0 fully saturated rings. The molecular weight excluding hydrogens is 326 g/mol. The van der Waals surface area contributed by atoms with Crippen LogP contribution in [-0.4, -0.2) is 11.9 Å². The van der Waals surface area contributed by atoms with Crippen molar-refractivity contribution in [3.63, 3.8) is 0 Å². The SMILES string of the molecule is Fc1cc(OCCBr)c(Cl)cc1Br. The number of ether oxygens (including phenoxy) is 1. The highest BCUT2D eigenvalue weighted by Crippen LogP contribution is 2.30. The molecule has 0 aromatic heterocycles. The van der Waals surface area contributed by atoms with E-state index in [4.69, 9.17) is 16.3 Å². The van der Waals surface area contributed by atoms with Crippen LogP contribution < -0.4 is 4.74 Å². The summed E-state index contributed by atoms with van der Waals surface area (Å²) in [6, 6.07) is 2.73. The molecule has 72 valence electrons. The maximum absolute atomic E-state index is 13.0. The fourth-order valence-corrected chi connectivity index (χ4v) is 1.62. The first-order valence-electron chi connectivity index (χ1n) is 3.48. The Morgan fingerprint density at radius 1 is 1.46 bits per heavy atom. The highest BCUT2D eigenvalue weighted by atomic mass is 79.9. The number of halogens is 4. The second kappa shape index (κ2) is 5.17. The van der Waals surface area contributed by atoms with Crippen molar-refractivity contribution in [1.29, 1.82) is 0 Å². The van der Waals surface area contributed by atoms with Gasteiger partial charge in [-0.2, -0.15) is 0 Å². The van der Waals surface area contributed by atoms with Crippen LogP contribution in [0.1, 0.15) is 0 Å². The van der Waals surface area contributed by atoms with E-state index in [1.165, 1.54) is 12.1 Å². The molecule has 1 aromatic carbocycles. The van der Waals surface area contributed by atoms with E-state index in [0.717, 1.165) is 0 Å². The average molecular weight is 332 g/mol. The lowest BCUT2D eigenvalue weighted by atomic mass is 10.3. The maximum atomic E-state index is 13.0. The van der Waals surface area contributed by atoms with Gasteiger partial charge in [-0.1, -0.05) is 27.5 Å². The summed E-state index contributed by atoms with van der Waals surface area (Å²) in [5.74, 6) is -0.0178. The van der Waals surface area contributed by atoms with E-state index in [2.05, 4.69) is 31.9 Å². The highest BCUT2D eigenvalue weighted by molar-refractivity contribution is 9.10. The zero-order valence-corrected chi connectivity index (χ0v) is 10.4. The molecule has 0 spiro atoms. The summed E-state index contributed by atoms with van der Waals surface area (Å²) in [5, 5.41) is 1.08. The minimum atomic E-state index is -0.381. The summed E-state index contributed by atoms with van der Waals surface area (Å²) in [6.45, 7) is 0.459. The molecule has 0 N–H and O–H groups in total. The van der Waals surface area contributed by atoms with E-state index in [1.807, 2.05) is 0 Å². The molecule has 0 atom stereocenters. The van der Waals surface area contributed by atoms with E-state index in [0.29, 0.717) is 27.2 Å². The predicted octanol–water partition coefficient (Wildman–Crippen LogP) is 4.02. The summed E-state index contributed by atoms with van der Waals surface area (Å²) in [6.07, 6.45) is 0. The molecule has 0 bridgehead atoms. The minimum Gasteiger partial charge on any atom is -0.491 e. The topological polar surface area (TPSA) is 9.23 Å². The third-order valence-corrected chi connectivity index (χ3v) is 2.54. The standard InChI is InChI=1S/C8H6Br2ClFO/c9-1-2-13-8-4-7(12)5(10)3-6(8)11/h3-4H,1-2H2. The van der Waals surface area contributed by atoms with Crippen LogP contribution in [0.5, 0.6) is 5.75 Å². The van der Waals surface area contributed by atoms with E-state index in [1.54, 1.807) is 0 Å². The average Bonchev–Trinajstić information content (AvgIpc) is 2.09. The van der Waals surface area contributed by atoms with Crippen LogP contribution >= 0.6 is 43.5 Å². The minimum absolute atomic E-state index is 0.337. The second-order valence-corrected chi connectivity index (χ2v) is 4.29. The smallest absolute Gasteiger partial charge is 0.141 e. The molecule has 0 saturated heterocycles. The van der Waals surface area contributed by atoms with Gasteiger partial charge in [-0.15, -0.1) is 0 Å². The fourth-order valence-electron chi connectivity index (χ4n) is 0.763. The van der Waals surface area contributed by atoms with Gasteiger partial charge in [-0.25, -0.2) is 4.39 Å². The normalized spacial score (nSPS) is 10.2. The fraction of sp³-hybridized carbons (Fsp3) is 0.250. The molecular formula is C8H6Br2ClFO. The van der Waals surface area contributed by atoms with Crippen LogP contribution in [0.25, 0.3) is 0 Å². The van der Waals surface area contributed by atoms with Gasteiger partial charge in [0, 0.05) is 11.4 Å².